The summed E-state index contributed by atoms with van der Waals surface area (Å²) >= 11 is -4.28. The predicted molar refractivity (Wildman–Crippen MR) is 222 cm³/mol. The number of rotatable bonds is 4. The van der Waals surface area contributed by atoms with Crippen molar-refractivity contribution in [3.05, 3.63) is 176 Å². The number of fused-ring (bicyclic) bond motifs is 6. The van der Waals surface area contributed by atoms with Gasteiger partial charge in [0, 0.05) is 0 Å². The second-order valence-corrected chi connectivity index (χ2v) is 33.2. The molecule has 4 aromatic carbocycles. The summed E-state index contributed by atoms with van der Waals surface area (Å²) in [7, 11) is 18.6. The molecule has 6 heteroatoms. The first-order valence-corrected chi connectivity index (χ1v) is 29.9. The minimum atomic E-state index is -4.28. The van der Waals surface area contributed by atoms with Gasteiger partial charge in [-0.1, -0.05) is 0 Å². The molecule has 2 heterocycles. The van der Waals surface area contributed by atoms with Gasteiger partial charge in [0.15, 0.2) is 0 Å². The van der Waals surface area contributed by atoms with Crippen LogP contribution in [-0.2, 0) is 17.9 Å². The van der Waals surface area contributed by atoms with Gasteiger partial charge < -0.3 is 0 Å². The number of hydrogen-bond acceptors (Lipinski definition) is 2. The Morgan fingerprint density at radius 1 is 0.679 bits per heavy atom. The number of benzene rings is 4. The monoisotopic (exact) mass is 826 g/mol. The Labute approximate surface area is 325 Å². The van der Waals surface area contributed by atoms with Gasteiger partial charge in [0.2, 0.25) is 0 Å². The van der Waals surface area contributed by atoms with E-state index in [9.17, 15) is 0 Å². The van der Waals surface area contributed by atoms with Gasteiger partial charge in [0.25, 0.3) is 0 Å². The number of methoxy groups -OCH3 is 2. The van der Waals surface area contributed by atoms with Crippen LogP contribution in [0.15, 0.2) is 165 Å². The normalized spacial score (nSPS) is 28.0. The van der Waals surface area contributed by atoms with Gasteiger partial charge in [0.1, 0.15) is 0 Å². The van der Waals surface area contributed by atoms with Crippen LogP contribution in [0.25, 0.3) is 21.5 Å². The molecule has 4 aliphatic carbocycles. The summed E-state index contributed by atoms with van der Waals surface area (Å²) in [5, 5.41) is 8.15. The maximum atomic E-state index is 8.45. The fraction of sp³-hybridized carbons (Fsp3) is 0.234. The first-order chi connectivity index (χ1) is 25.8. The van der Waals surface area contributed by atoms with Crippen molar-refractivity contribution in [3.63, 3.8) is 0 Å². The molecular formula is C47H42Cl2O2SiZr. The van der Waals surface area contributed by atoms with Crippen molar-refractivity contribution in [1.82, 2.24) is 0 Å². The Morgan fingerprint density at radius 2 is 1.25 bits per heavy atom. The van der Waals surface area contributed by atoms with Crippen molar-refractivity contribution in [2.45, 2.75) is 51.3 Å². The number of hydrogen-bond donors (Lipinski definition) is 0. The summed E-state index contributed by atoms with van der Waals surface area (Å²) in [6.07, 6.45) is 21.0. The van der Waals surface area contributed by atoms with Crippen LogP contribution in [0.3, 0.4) is 0 Å². The van der Waals surface area contributed by atoms with Gasteiger partial charge in [-0.15, -0.1) is 0 Å². The molecule has 0 saturated carbocycles. The van der Waals surface area contributed by atoms with Crippen molar-refractivity contribution in [2.24, 2.45) is 0 Å². The summed E-state index contributed by atoms with van der Waals surface area (Å²) in [6, 6.07) is 28.0. The molecule has 0 amide bonds. The van der Waals surface area contributed by atoms with Crippen LogP contribution in [0.4, 0.5) is 0 Å². The predicted octanol–water partition coefficient (Wildman–Crippen LogP) is 12.9. The van der Waals surface area contributed by atoms with E-state index in [1.54, 1.807) is 24.6 Å². The van der Waals surface area contributed by atoms with Gasteiger partial charge >= 0.3 is 328 Å². The molecule has 4 aromatic rings. The first kappa shape index (κ1) is 34.1. The molecule has 0 N–H and O–H groups in total. The third-order valence-electron chi connectivity index (χ3n) is 13.4. The van der Waals surface area contributed by atoms with Crippen molar-refractivity contribution in [1.29, 1.82) is 0 Å². The van der Waals surface area contributed by atoms with Crippen LogP contribution in [0.5, 0.6) is 11.5 Å². The third kappa shape index (κ3) is 4.78. The van der Waals surface area contributed by atoms with Gasteiger partial charge in [-0.05, 0) is 0 Å². The molecular weight excluding hydrogens is 787 g/mol. The van der Waals surface area contributed by atoms with Crippen molar-refractivity contribution < 1.29 is 27.4 Å². The molecule has 5 unspecified atom stereocenters. The number of ether oxygens (including phenoxy) is 2. The summed E-state index contributed by atoms with van der Waals surface area (Å²) in [4.78, 5) is 0. The van der Waals surface area contributed by atoms with E-state index in [1.807, 2.05) is 0 Å². The Hall–Kier alpha value is -3.40. The summed E-state index contributed by atoms with van der Waals surface area (Å²) in [6.45, 7) is 4.87. The van der Waals surface area contributed by atoms with E-state index in [0.29, 0.717) is 0 Å². The van der Waals surface area contributed by atoms with Gasteiger partial charge in [-0.2, -0.15) is 0 Å². The summed E-state index contributed by atoms with van der Waals surface area (Å²) in [5.41, 5.74) is 11.5. The van der Waals surface area contributed by atoms with Crippen molar-refractivity contribution in [2.75, 3.05) is 14.2 Å². The van der Waals surface area contributed by atoms with E-state index in [-0.39, 0.29) is 18.6 Å². The number of halogens is 2. The maximum absolute atomic E-state index is 8.45. The second kappa shape index (κ2) is 12.6. The second-order valence-electron chi connectivity index (χ2n) is 15.6. The molecule has 53 heavy (non-hydrogen) atoms. The topological polar surface area (TPSA) is 18.5 Å². The van der Waals surface area contributed by atoms with Gasteiger partial charge in [-0.3, -0.25) is 0 Å². The average molecular weight is 829 g/mol. The Morgan fingerprint density at radius 3 is 1.87 bits per heavy atom. The quantitative estimate of drug-likeness (QED) is 0.191. The van der Waals surface area contributed by atoms with Crippen LogP contribution in [0.2, 0.25) is 12.8 Å². The third-order valence-corrected chi connectivity index (χ3v) is 32.3. The van der Waals surface area contributed by atoms with Crippen molar-refractivity contribution in [3.8, 4) is 11.5 Å². The van der Waals surface area contributed by atoms with Gasteiger partial charge in [-0.25, -0.2) is 0 Å². The molecule has 5 atom stereocenters. The molecule has 264 valence electrons. The van der Waals surface area contributed by atoms with Crippen LogP contribution in [0, 0.1) is 0 Å². The molecule has 10 rings (SSSR count). The van der Waals surface area contributed by atoms with E-state index in [4.69, 9.17) is 26.5 Å². The Balaban J connectivity index is 1.18. The number of allylic oxidation sites excluding steroid dienone is 16. The molecule has 0 radical (unpaired) electrons. The van der Waals surface area contributed by atoms with Crippen LogP contribution >= 0.6 is 17.0 Å². The van der Waals surface area contributed by atoms with E-state index in [2.05, 4.69) is 135 Å². The molecule has 2 nitrogen and oxygen atoms in total. The fourth-order valence-electron chi connectivity index (χ4n) is 11.1. The SMILES string of the molecule is COc1ccc2cc(C3C=CC=CC4=C3C3=C(C)[CH]4[Zr]([Cl])([Cl])[C]45CCC[SiH]3C(=C4C)C3=C5C=CC=CC3c3ccc4cc(OC)ccc4c3)ccc2c1. The zero-order chi connectivity index (χ0) is 36.2. The van der Waals surface area contributed by atoms with E-state index < -0.39 is 26.7 Å². The molecule has 0 saturated heterocycles. The fourth-order valence-corrected chi connectivity index (χ4v) is 32.3. The zero-order valence-corrected chi connectivity index (χ0v) is 35.7. The zero-order valence-electron chi connectivity index (χ0n) is 30.6. The van der Waals surface area contributed by atoms with E-state index >= 15 is 0 Å². The van der Waals surface area contributed by atoms with E-state index in [0.717, 1.165) is 17.9 Å². The molecule has 2 aliphatic heterocycles. The first-order valence-electron chi connectivity index (χ1n) is 18.9. The molecule has 0 fully saturated rings. The van der Waals surface area contributed by atoms with E-state index in [1.165, 1.54) is 78.6 Å². The summed E-state index contributed by atoms with van der Waals surface area (Å²) in [5.74, 6) is 2.04. The molecule has 0 aromatic heterocycles. The standard InChI is InChI=1S/C47H42O2Si.2ClH.Zr/c1-29-24-37-10-5-6-11-41(35-17-15-33-27-38(48-3)21-19-31(33)25-35)44(37)46(29)50-23-9-14-40-30(2)47(50)45-42(12-7-8-13-43(40)45)36-18-16-34-28-39(49-4)22-20-32(34)26-36;;;/h5-8,10-13,15-22,24-28,41-42,50H,9,14,23H2,1-4H3;2*1H;/q;;;+2/p-2. The average Bonchev–Trinajstić information content (AvgIpc) is 3.32. The van der Waals surface area contributed by atoms with Crippen LogP contribution in [-0.4, -0.2) is 23.0 Å². The van der Waals surface area contributed by atoms with Crippen LogP contribution in [0.1, 0.15) is 49.7 Å². The summed E-state index contributed by atoms with van der Waals surface area (Å²) < 4.78 is 10.9. The molecule has 6 aliphatic rings. The van der Waals surface area contributed by atoms with Gasteiger partial charge in [0.05, 0.1) is 0 Å². The van der Waals surface area contributed by atoms with Crippen molar-refractivity contribution >= 4 is 47.4 Å². The van der Waals surface area contributed by atoms with Crippen LogP contribution < -0.4 is 9.47 Å². The molecule has 0 spiro atoms. The Bertz CT molecular complexity index is 2550. The Kier molecular flexibility index (Phi) is 8.09. The minimum absolute atomic E-state index is 0.108. The molecule has 5 bridgehead atoms.